The molecule has 2 aliphatic rings. The lowest BCUT2D eigenvalue weighted by molar-refractivity contribution is 0.0200. The fraction of sp³-hybridized carbons (Fsp3) is 0.700. The first kappa shape index (κ1) is 17.5. The Morgan fingerprint density at radius 3 is 2.68 bits per heavy atom. The summed E-state index contributed by atoms with van der Waals surface area (Å²) in [5.41, 5.74) is 0.226. The third kappa shape index (κ3) is 4.57. The van der Waals surface area contributed by atoms with Crippen molar-refractivity contribution in [3.05, 3.63) is 36.5 Å². The van der Waals surface area contributed by atoms with Gasteiger partial charge in [0.25, 0.3) is 0 Å². The normalized spacial score (nSPS) is 43.3. The minimum absolute atomic E-state index is 0.188. The Bertz CT molecular complexity index is 458. The van der Waals surface area contributed by atoms with Crippen LogP contribution in [0.25, 0.3) is 0 Å². The average molecular weight is 304 g/mol. The van der Waals surface area contributed by atoms with Crippen molar-refractivity contribution in [1.29, 1.82) is 0 Å². The summed E-state index contributed by atoms with van der Waals surface area (Å²) in [6, 6.07) is 0. The topological polar surface area (TPSA) is 29.5 Å². The minimum atomic E-state index is -0.789. The van der Waals surface area contributed by atoms with E-state index in [1.165, 1.54) is 5.57 Å². The van der Waals surface area contributed by atoms with E-state index in [2.05, 4.69) is 45.6 Å². The van der Waals surface area contributed by atoms with E-state index in [1.54, 1.807) is 0 Å². The number of ether oxygens (including phenoxy) is 1. The lowest BCUT2D eigenvalue weighted by Crippen LogP contribution is -2.24. The number of allylic oxidation sites excluding steroid dienone is 1. The summed E-state index contributed by atoms with van der Waals surface area (Å²) in [4.78, 5) is 0. The third-order valence-electron chi connectivity index (χ3n) is 5.13. The predicted molar refractivity (Wildman–Crippen MR) is 92.7 cm³/mol. The zero-order valence-corrected chi connectivity index (χ0v) is 14.6. The van der Waals surface area contributed by atoms with Crippen molar-refractivity contribution >= 4 is 0 Å². The summed E-state index contributed by atoms with van der Waals surface area (Å²) in [6.07, 6.45) is 13.3. The summed E-state index contributed by atoms with van der Waals surface area (Å²) in [5.74, 6) is 1.04. The van der Waals surface area contributed by atoms with Gasteiger partial charge in [-0.2, -0.15) is 0 Å². The smallest absolute Gasteiger partial charge is 0.0843 e. The van der Waals surface area contributed by atoms with Crippen molar-refractivity contribution in [2.75, 3.05) is 0 Å². The molecule has 0 aromatic carbocycles. The van der Waals surface area contributed by atoms with Gasteiger partial charge in [0, 0.05) is 0 Å². The Morgan fingerprint density at radius 1 is 1.27 bits per heavy atom. The van der Waals surface area contributed by atoms with Gasteiger partial charge in [0.2, 0.25) is 0 Å². The van der Waals surface area contributed by atoms with Crippen LogP contribution >= 0.6 is 0 Å². The summed E-state index contributed by atoms with van der Waals surface area (Å²) in [6.45, 7) is 12.8. The molecule has 22 heavy (non-hydrogen) atoms. The highest BCUT2D eigenvalue weighted by molar-refractivity contribution is 5.14. The largest absolute Gasteiger partial charge is 0.386 e. The number of fused-ring (bicyclic) bond motifs is 2. The molecule has 2 nitrogen and oxygen atoms in total. The molecule has 2 bridgehead atoms. The molecule has 2 rings (SSSR count). The first-order valence-electron chi connectivity index (χ1n) is 8.66. The van der Waals surface area contributed by atoms with Crippen LogP contribution in [0.3, 0.4) is 0 Å². The molecule has 124 valence electrons. The predicted octanol–water partition coefficient (Wildman–Crippen LogP) is 4.80. The second-order valence-electron chi connectivity index (χ2n) is 7.89. The Labute approximate surface area is 136 Å². The molecule has 1 N–H and O–H groups in total. The van der Waals surface area contributed by atoms with Crippen molar-refractivity contribution in [1.82, 2.24) is 0 Å². The van der Waals surface area contributed by atoms with Gasteiger partial charge < -0.3 is 9.84 Å². The first-order chi connectivity index (χ1) is 10.2. The minimum Gasteiger partial charge on any atom is -0.386 e. The van der Waals surface area contributed by atoms with Crippen molar-refractivity contribution < 1.29 is 9.84 Å². The summed E-state index contributed by atoms with van der Waals surface area (Å²) >= 11 is 0. The number of rotatable bonds is 1. The standard InChI is InChI=1S/C20H32O2/c1-15(2)17-8-7-16(3)18-10-14-20(5,22-18)12-6-11-19(4,21)13-9-17/h6,9,12-13,15,17-18,21H,3,7-8,10-11,14H2,1-2,4-5H3/b12-6-,13-9+/t17-,18+,19-,20+/m1/s1. The van der Waals surface area contributed by atoms with E-state index in [0.29, 0.717) is 18.3 Å². The van der Waals surface area contributed by atoms with Crippen molar-refractivity contribution in [2.24, 2.45) is 11.8 Å². The van der Waals surface area contributed by atoms with Gasteiger partial charge >= 0.3 is 0 Å². The molecule has 1 fully saturated rings. The number of aliphatic hydroxyl groups is 1. The molecule has 0 radical (unpaired) electrons. The van der Waals surface area contributed by atoms with E-state index in [4.69, 9.17) is 4.74 Å². The highest BCUT2D eigenvalue weighted by Gasteiger charge is 2.35. The van der Waals surface area contributed by atoms with Crippen LogP contribution in [0, 0.1) is 11.8 Å². The molecular weight excluding hydrogens is 272 g/mol. The Hall–Kier alpha value is -0.860. The summed E-state index contributed by atoms with van der Waals surface area (Å²) in [7, 11) is 0. The molecule has 4 atom stereocenters. The quantitative estimate of drug-likeness (QED) is 0.705. The Kier molecular flexibility index (Phi) is 5.34. The van der Waals surface area contributed by atoms with E-state index >= 15 is 0 Å². The van der Waals surface area contributed by atoms with E-state index in [1.807, 2.05) is 13.0 Å². The maximum absolute atomic E-state index is 10.5. The lowest BCUT2D eigenvalue weighted by atomic mass is 9.86. The molecule has 0 amide bonds. The monoisotopic (exact) mass is 304 g/mol. The molecule has 0 unspecified atom stereocenters. The zero-order valence-electron chi connectivity index (χ0n) is 14.6. The maximum atomic E-state index is 10.5. The van der Waals surface area contributed by atoms with Gasteiger partial charge in [0.05, 0.1) is 17.3 Å². The van der Waals surface area contributed by atoms with Gasteiger partial charge in [0.15, 0.2) is 0 Å². The lowest BCUT2D eigenvalue weighted by Gasteiger charge is -2.23. The SMILES string of the molecule is C=C1CC[C@@H](C(C)C)/C=C/[C@](C)(O)C/C=C\[C@@]2(C)CC[C@@H]1O2. The third-order valence-corrected chi connectivity index (χ3v) is 5.13. The van der Waals surface area contributed by atoms with Crippen LogP contribution in [-0.2, 0) is 4.74 Å². The Balaban J connectivity index is 2.22. The van der Waals surface area contributed by atoms with Gasteiger partial charge in [-0.3, -0.25) is 0 Å². The van der Waals surface area contributed by atoms with Crippen LogP contribution in [0.4, 0.5) is 0 Å². The van der Waals surface area contributed by atoms with Gasteiger partial charge in [-0.1, -0.05) is 44.7 Å². The molecule has 2 aliphatic heterocycles. The fourth-order valence-corrected chi connectivity index (χ4v) is 3.38. The van der Waals surface area contributed by atoms with Crippen molar-refractivity contribution in [3.8, 4) is 0 Å². The fourth-order valence-electron chi connectivity index (χ4n) is 3.38. The molecule has 2 heterocycles. The van der Waals surface area contributed by atoms with Gasteiger partial charge in [0.1, 0.15) is 0 Å². The van der Waals surface area contributed by atoms with E-state index in [-0.39, 0.29) is 11.7 Å². The van der Waals surface area contributed by atoms with Crippen LogP contribution in [-0.4, -0.2) is 22.4 Å². The van der Waals surface area contributed by atoms with E-state index < -0.39 is 5.60 Å². The highest BCUT2D eigenvalue weighted by Crippen LogP contribution is 2.37. The average Bonchev–Trinajstić information content (AvgIpc) is 2.79. The number of hydrogen-bond acceptors (Lipinski definition) is 2. The molecular formula is C20H32O2. The van der Waals surface area contributed by atoms with Crippen LogP contribution in [0.15, 0.2) is 36.5 Å². The summed E-state index contributed by atoms with van der Waals surface area (Å²) < 4.78 is 6.25. The van der Waals surface area contributed by atoms with Crippen LogP contribution in [0.2, 0.25) is 0 Å². The maximum Gasteiger partial charge on any atom is 0.0843 e. The first-order valence-corrected chi connectivity index (χ1v) is 8.66. The highest BCUT2D eigenvalue weighted by atomic mass is 16.5. The van der Waals surface area contributed by atoms with Gasteiger partial charge in [-0.05, 0) is 63.4 Å². The molecule has 0 aliphatic carbocycles. The molecule has 0 aromatic rings. The summed E-state index contributed by atoms with van der Waals surface area (Å²) in [5, 5.41) is 10.5. The Morgan fingerprint density at radius 2 is 2.00 bits per heavy atom. The van der Waals surface area contributed by atoms with Crippen LogP contribution in [0.5, 0.6) is 0 Å². The van der Waals surface area contributed by atoms with Crippen LogP contribution < -0.4 is 0 Å². The van der Waals surface area contributed by atoms with E-state index in [9.17, 15) is 5.11 Å². The zero-order chi connectivity index (χ0) is 16.4. The second kappa shape index (κ2) is 6.72. The molecule has 0 spiro atoms. The molecule has 0 saturated carbocycles. The second-order valence-corrected chi connectivity index (χ2v) is 7.89. The van der Waals surface area contributed by atoms with E-state index in [0.717, 1.165) is 25.7 Å². The molecule has 1 saturated heterocycles. The van der Waals surface area contributed by atoms with Crippen molar-refractivity contribution in [3.63, 3.8) is 0 Å². The van der Waals surface area contributed by atoms with Gasteiger partial charge in [-0.15, -0.1) is 0 Å². The van der Waals surface area contributed by atoms with Crippen LogP contribution in [0.1, 0.15) is 59.8 Å². The molecule has 2 heteroatoms. The number of hydrogen-bond donors (Lipinski definition) is 1. The van der Waals surface area contributed by atoms with Crippen molar-refractivity contribution in [2.45, 2.75) is 77.1 Å². The molecule has 0 aromatic heterocycles. The van der Waals surface area contributed by atoms with Gasteiger partial charge in [-0.25, -0.2) is 0 Å².